The average molecular weight is 631 g/mol. The minimum atomic E-state index is 0.429. The van der Waals surface area contributed by atoms with Gasteiger partial charge < -0.3 is 11.5 Å². The molecule has 0 aliphatic carbocycles. The molecule has 0 heterocycles. The molecule has 4 aromatic carbocycles. The topological polar surface area (TPSA) is 52.0 Å². The van der Waals surface area contributed by atoms with Gasteiger partial charge in [0.2, 0.25) is 0 Å². The molecule has 47 heavy (non-hydrogen) atoms. The molecule has 252 valence electrons. The van der Waals surface area contributed by atoms with Crippen molar-refractivity contribution in [3.05, 3.63) is 130 Å². The molecular formula is C45H62N2. The Kier molecular flexibility index (Phi) is 15.4. The lowest BCUT2D eigenvalue weighted by molar-refractivity contribution is 0.449. The number of rotatable bonds is 21. The predicted octanol–water partition coefficient (Wildman–Crippen LogP) is 12.6. The van der Waals surface area contributed by atoms with Crippen LogP contribution in [0.2, 0.25) is 0 Å². The number of unbranched alkanes of at least 4 members (excludes halogenated alkanes) is 7. The maximum absolute atomic E-state index is 6.03. The Hall–Kier alpha value is -3.52. The molecule has 0 aromatic heterocycles. The molecule has 0 spiro atoms. The van der Waals surface area contributed by atoms with E-state index < -0.39 is 0 Å². The Morgan fingerprint density at radius 1 is 0.383 bits per heavy atom. The van der Waals surface area contributed by atoms with Crippen LogP contribution in [0.15, 0.2) is 97.1 Å². The number of anilines is 2. The van der Waals surface area contributed by atoms with Gasteiger partial charge in [-0.1, -0.05) is 158 Å². The van der Waals surface area contributed by atoms with E-state index in [9.17, 15) is 0 Å². The van der Waals surface area contributed by atoms with Crippen molar-refractivity contribution in [2.45, 2.75) is 129 Å². The lowest BCUT2D eigenvalue weighted by Gasteiger charge is -2.21. The highest BCUT2D eigenvalue weighted by molar-refractivity contribution is 5.44. The van der Waals surface area contributed by atoms with Gasteiger partial charge in [0.25, 0.3) is 0 Å². The zero-order valence-electron chi connectivity index (χ0n) is 29.7. The van der Waals surface area contributed by atoms with Crippen molar-refractivity contribution in [1.29, 1.82) is 0 Å². The van der Waals surface area contributed by atoms with E-state index in [0.717, 1.165) is 24.2 Å². The standard InChI is InChI=1S/C45H62N2/c1-4-7-10-13-14-37(33-35-17-21-38(22-18-35)44(15-11-8-5-2)40-25-29-42(46)30-26-40)34-36-19-23-39(24-20-36)45(16-12-9-6-3)41-27-31-43(47)32-28-41/h17-32,37,44-45H,4-16,33-34,46-47H2,1-3H3. The van der Waals surface area contributed by atoms with Crippen molar-refractivity contribution in [3.8, 4) is 0 Å². The first-order valence-corrected chi connectivity index (χ1v) is 18.9. The van der Waals surface area contributed by atoms with Gasteiger partial charge in [0.15, 0.2) is 0 Å². The van der Waals surface area contributed by atoms with Crippen LogP contribution in [0.1, 0.15) is 149 Å². The molecular weight excluding hydrogens is 569 g/mol. The fraction of sp³-hybridized carbons (Fsp3) is 0.467. The molecule has 0 radical (unpaired) electrons. The molecule has 0 saturated carbocycles. The summed E-state index contributed by atoms with van der Waals surface area (Å²) in [5, 5.41) is 0. The van der Waals surface area contributed by atoms with Gasteiger partial charge in [-0.15, -0.1) is 0 Å². The molecule has 0 aliphatic rings. The highest BCUT2D eigenvalue weighted by Gasteiger charge is 2.17. The van der Waals surface area contributed by atoms with E-state index in [1.807, 2.05) is 0 Å². The lowest BCUT2D eigenvalue weighted by atomic mass is 9.84. The predicted molar refractivity (Wildman–Crippen MR) is 206 cm³/mol. The largest absolute Gasteiger partial charge is 0.399 e. The van der Waals surface area contributed by atoms with Crippen LogP contribution >= 0.6 is 0 Å². The fourth-order valence-electron chi connectivity index (χ4n) is 7.28. The van der Waals surface area contributed by atoms with Gasteiger partial charge in [-0.25, -0.2) is 0 Å². The Labute approximate surface area is 287 Å². The molecule has 2 nitrogen and oxygen atoms in total. The molecule has 0 saturated heterocycles. The fourth-order valence-corrected chi connectivity index (χ4v) is 7.28. The van der Waals surface area contributed by atoms with Crippen molar-refractivity contribution in [3.63, 3.8) is 0 Å². The Balaban J connectivity index is 1.47. The summed E-state index contributed by atoms with van der Waals surface area (Å²) in [7, 11) is 0. The number of hydrogen-bond donors (Lipinski definition) is 2. The second-order valence-corrected chi connectivity index (χ2v) is 14.0. The van der Waals surface area contributed by atoms with Crippen LogP contribution in [-0.4, -0.2) is 0 Å². The summed E-state index contributed by atoms with van der Waals surface area (Å²) in [6, 6.07) is 36.4. The summed E-state index contributed by atoms with van der Waals surface area (Å²) in [6.07, 6.45) is 18.8. The smallest absolute Gasteiger partial charge is 0.0314 e. The van der Waals surface area contributed by atoms with E-state index in [1.54, 1.807) is 0 Å². The third kappa shape index (κ3) is 11.9. The van der Waals surface area contributed by atoms with E-state index in [1.165, 1.54) is 117 Å². The van der Waals surface area contributed by atoms with Crippen LogP contribution in [0.3, 0.4) is 0 Å². The van der Waals surface area contributed by atoms with Crippen molar-refractivity contribution >= 4 is 11.4 Å². The first kappa shape index (κ1) is 36.3. The van der Waals surface area contributed by atoms with Gasteiger partial charge in [-0.05, 0) is 95.7 Å². The van der Waals surface area contributed by atoms with E-state index in [-0.39, 0.29) is 0 Å². The van der Waals surface area contributed by atoms with Crippen LogP contribution in [0, 0.1) is 5.92 Å². The summed E-state index contributed by atoms with van der Waals surface area (Å²) in [5.41, 5.74) is 22.3. The molecule has 2 unspecified atom stereocenters. The van der Waals surface area contributed by atoms with Crippen LogP contribution < -0.4 is 11.5 Å². The summed E-state index contributed by atoms with van der Waals surface area (Å²) in [5.74, 6) is 1.51. The first-order valence-electron chi connectivity index (χ1n) is 18.9. The molecule has 0 amide bonds. The van der Waals surface area contributed by atoms with Crippen LogP contribution in [0.4, 0.5) is 11.4 Å². The number of benzene rings is 4. The van der Waals surface area contributed by atoms with E-state index in [2.05, 4.69) is 118 Å². The normalized spacial score (nSPS) is 13.3. The van der Waals surface area contributed by atoms with Crippen LogP contribution in [-0.2, 0) is 12.8 Å². The molecule has 2 atom stereocenters. The van der Waals surface area contributed by atoms with Gasteiger partial charge in [0.1, 0.15) is 0 Å². The summed E-state index contributed by atoms with van der Waals surface area (Å²) in [4.78, 5) is 0. The number of nitrogen functional groups attached to an aromatic ring is 2. The van der Waals surface area contributed by atoms with Crippen molar-refractivity contribution < 1.29 is 0 Å². The van der Waals surface area contributed by atoms with E-state index in [0.29, 0.717) is 17.8 Å². The second-order valence-electron chi connectivity index (χ2n) is 14.0. The zero-order valence-corrected chi connectivity index (χ0v) is 29.7. The molecule has 4 N–H and O–H groups in total. The molecule has 2 heteroatoms. The van der Waals surface area contributed by atoms with Gasteiger partial charge >= 0.3 is 0 Å². The second kappa shape index (κ2) is 20.0. The minimum absolute atomic E-state index is 0.429. The summed E-state index contributed by atoms with van der Waals surface area (Å²) >= 11 is 0. The highest BCUT2D eigenvalue weighted by atomic mass is 14.5. The van der Waals surface area contributed by atoms with Gasteiger partial charge in [-0.2, -0.15) is 0 Å². The van der Waals surface area contributed by atoms with Gasteiger partial charge in [-0.3, -0.25) is 0 Å². The first-order chi connectivity index (χ1) is 23.0. The maximum atomic E-state index is 6.03. The SMILES string of the molecule is CCCCCCC(Cc1ccc(C(CCCCC)c2ccc(N)cc2)cc1)Cc1ccc(C(CCCCC)c2ccc(N)cc2)cc1. The quantitative estimate of drug-likeness (QED) is 0.0711. The number of hydrogen-bond acceptors (Lipinski definition) is 2. The zero-order chi connectivity index (χ0) is 33.3. The monoisotopic (exact) mass is 630 g/mol. The van der Waals surface area contributed by atoms with Gasteiger partial charge in [0, 0.05) is 23.2 Å². The van der Waals surface area contributed by atoms with E-state index in [4.69, 9.17) is 11.5 Å². The van der Waals surface area contributed by atoms with Crippen molar-refractivity contribution in [2.75, 3.05) is 11.5 Å². The third-order valence-electron chi connectivity index (χ3n) is 10.1. The van der Waals surface area contributed by atoms with Crippen LogP contribution in [0.5, 0.6) is 0 Å². The lowest BCUT2D eigenvalue weighted by Crippen LogP contribution is -2.10. The minimum Gasteiger partial charge on any atom is -0.399 e. The van der Waals surface area contributed by atoms with Crippen LogP contribution in [0.25, 0.3) is 0 Å². The van der Waals surface area contributed by atoms with E-state index >= 15 is 0 Å². The average Bonchev–Trinajstić information content (AvgIpc) is 3.09. The Morgan fingerprint density at radius 2 is 0.702 bits per heavy atom. The van der Waals surface area contributed by atoms with Crippen molar-refractivity contribution in [1.82, 2.24) is 0 Å². The summed E-state index contributed by atoms with van der Waals surface area (Å²) in [6.45, 7) is 6.88. The molecule has 0 bridgehead atoms. The molecule has 0 aliphatic heterocycles. The molecule has 4 aromatic rings. The Morgan fingerprint density at radius 3 is 1.06 bits per heavy atom. The highest BCUT2D eigenvalue weighted by Crippen LogP contribution is 2.33. The van der Waals surface area contributed by atoms with Gasteiger partial charge in [0.05, 0.1) is 0 Å². The molecule has 0 fully saturated rings. The number of nitrogens with two attached hydrogens (primary N) is 2. The molecule has 4 rings (SSSR count). The third-order valence-corrected chi connectivity index (χ3v) is 10.1. The maximum Gasteiger partial charge on any atom is 0.0314 e. The van der Waals surface area contributed by atoms with Crippen molar-refractivity contribution in [2.24, 2.45) is 5.92 Å². The summed E-state index contributed by atoms with van der Waals surface area (Å²) < 4.78 is 0. The Bertz CT molecular complexity index is 1280.